The monoisotopic (exact) mass is 388 g/mol. The van der Waals surface area contributed by atoms with Gasteiger partial charge in [-0.25, -0.2) is 0 Å². The summed E-state index contributed by atoms with van der Waals surface area (Å²) in [5.74, 6) is 1.86. The minimum atomic E-state index is 0.771. The van der Waals surface area contributed by atoms with Crippen molar-refractivity contribution < 1.29 is 9.62 Å². The molecule has 1 aliphatic heterocycles. The van der Waals surface area contributed by atoms with Gasteiger partial charge in [0.05, 0.1) is 12.3 Å². The van der Waals surface area contributed by atoms with Gasteiger partial charge in [-0.05, 0) is 42.2 Å². The Morgan fingerprint density at radius 2 is 1.83 bits per heavy atom. The van der Waals surface area contributed by atoms with Crippen molar-refractivity contribution in [1.29, 1.82) is 0 Å². The smallest absolute Gasteiger partial charge is 0.142 e. The Labute approximate surface area is 169 Å². The molecule has 2 aliphatic rings. The molecule has 0 spiro atoms. The number of hydrogen-bond donors (Lipinski definition) is 2. The number of hydrogen-bond acceptors (Lipinski definition) is 6. The van der Waals surface area contributed by atoms with Gasteiger partial charge in [0.1, 0.15) is 11.5 Å². The Morgan fingerprint density at radius 3 is 2.62 bits per heavy atom. The molecule has 6 heteroatoms. The zero-order chi connectivity index (χ0) is 19.6. The molecule has 3 aromatic rings. The van der Waals surface area contributed by atoms with Gasteiger partial charge in [-0.15, -0.1) is 0 Å². The van der Waals surface area contributed by atoms with E-state index in [0.717, 1.165) is 85.1 Å². The molecule has 1 aliphatic carbocycles. The van der Waals surface area contributed by atoms with Crippen LogP contribution in [0.15, 0.2) is 58.4 Å². The molecular weight excluding hydrogens is 364 g/mol. The first kappa shape index (κ1) is 18.1. The summed E-state index contributed by atoms with van der Waals surface area (Å²) in [5, 5.41) is 16.0. The summed E-state index contributed by atoms with van der Waals surface area (Å²) < 4.78 is 6.37. The maximum Gasteiger partial charge on any atom is 0.142 e. The lowest BCUT2D eigenvalue weighted by atomic mass is 9.98. The van der Waals surface area contributed by atoms with Crippen LogP contribution >= 0.6 is 0 Å². The number of furan rings is 1. The van der Waals surface area contributed by atoms with Crippen LogP contribution in [-0.4, -0.2) is 47.0 Å². The molecule has 1 fully saturated rings. The average Bonchev–Trinajstić information content (AvgIpc) is 3.38. The van der Waals surface area contributed by atoms with Crippen LogP contribution in [0.5, 0.6) is 0 Å². The number of piperazine rings is 1. The third-order valence-corrected chi connectivity index (χ3v) is 5.79. The Kier molecular flexibility index (Phi) is 4.87. The number of aromatic nitrogens is 1. The zero-order valence-electron chi connectivity index (χ0n) is 16.3. The second-order valence-electron chi connectivity index (χ2n) is 7.64. The molecule has 1 saturated heterocycles. The van der Waals surface area contributed by atoms with E-state index in [4.69, 9.17) is 4.42 Å². The normalized spacial score (nSPS) is 18.3. The van der Waals surface area contributed by atoms with Crippen LogP contribution in [0.3, 0.4) is 0 Å². The minimum absolute atomic E-state index is 0.771. The first-order valence-corrected chi connectivity index (χ1v) is 10.1. The second-order valence-corrected chi connectivity index (χ2v) is 7.64. The van der Waals surface area contributed by atoms with Gasteiger partial charge < -0.3 is 14.9 Å². The van der Waals surface area contributed by atoms with Crippen molar-refractivity contribution in [2.24, 2.45) is 5.16 Å². The lowest BCUT2D eigenvalue weighted by Crippen LogP contribution is -2.42. The quantitative estimate of drug-likeness (QED) is 0.528. The van der Waals surface area contributed by atoms with Crippen molar-refractivity contribution in [1.82, 2.24) is 15.2 Å². The van der Waals surface area contributed by atoms with Gasteiger partial charge in [0.15, 0.2) is 0 Å². The van der Waals surface area contributed by atoms with Crippen molar-refractivity contribution in [3.8, 4) is 22.5 Å². The Balaban J connectivity index is 1.54. The average molecular weight is 388 g/mol. The number of pyridine rings is 1. The molecule has 29 heavy (non-hydrogen) atoms. The number of oxime groups is 1. The van der Waals surface area contributed by atoms with E-state index < -0.39 is 0 Å². The number of rotatable bonds is 4. The van der Waals surface area contributed by atoms with E-state index in [1.807, 2.05) is 12.1 Å². The highest BCUT2D eigenvalue weighted by Gasteiger charge is 2.22. The SMILES string of the molecule is O/N=C1/CCc2cc(-c3cc(CN4CCNCC4)oc3-c3ccncc3)ccc21. The number of nitrogens with one attached hydrogen (secondary N) is 1. The number of nitrogens with zero attached hydrogens (tertiary/aromatic N) is 3. The molecule has 0 bridgehead atoms. The fraction of sp³-hybridized carbons (Fsp3) is 0.304. The molecule has 1 aromatic carbocycles. The van der Waals surface area contributed by atoms with E-state index in [1.54, 1.807) is 12.4 Å². The van der Waals surface area contributed by atoms with Gasteiger partial charge in [-0.2, -0.15) is 0 Å². The Morgan fingerprint density at radius 1 is 1.00 bits per heavy atom. The number of fused-ring (bicyclic) bond motifs is 1. The van der Waals surface area contributed by atoms with Crippen molar-refractivity contribution in [2.75, 3.05) is 26.2 Å². The molecule has 148 valence electrons. The number of aryl methyl sites for hydroxylation is 1. The van der Waals surface area contributed by atoms with Crippen molar-refractivity contribution >= 4 is 5.71 Å². The molecule has 2 N–H and O–H groups in total. The molecular formula is C23H24N4O2. The Bertz CT molecular complexity index is 1040. The van der Waals surface area contributed by atoms with Crippen molar-refractivity contribution in [3.63, 3.8) is 0 Å². The summed E-state index contributed by atoms with van der Waals surface area (Å²) in [4.78, 5) is 6.56. The summed E-state index contributed by atoms with van der Waals surface area (Å²) in [6.45, 7) is 4.91. The molecule has 5 rings (SSSR count). The molecule has 0 atom stereocenters. The predicted octanol–water partition coefficient (Wildman–Crippen LogP) is 3.54. The van der Waals surface area contributed by atoms with Gasteiger partial charge >= 0.3 is 0 Å². The van der Waals surface area contributed by atoms with E-state index >= 15 is 0 Å². The van der Waals surface area contributed by atoms with Crippen LogP contribution in [0.25, 0.3) is 22.5 Å². The molecule has 2 aromatic heterocycles. The van der Waals surface area contributed by atoms with E-state index in [1.165, 1.54) is 5.56 Å². The van der Waals surface area contributed by atoms with Crippen LogP contribution < -0.4 is 5.32 Å². The summed E-state index contributed by atoms with van der Waals surface area (Å²) >= 11 is 0. The summed E-state index contributed by atoms with van der Waals surface area (Å²) in [7, 11) is 0. The van der Waals surface area contributed by atoms with Crippen molar-refractivity contribution in [3.05, 3.63) is 65.7 Å². The summed E-state index contributed by atoms with van der Waals surface area (Å²) in [6, 6.07) is 12.5. The molecule has 0 radical (unpaired) electrons. The third-order valence-electron chi connectivity index (χ3n) is 5.79. The van der Waals surface area contributed by atoms with E-state index in [-0.39, 0.29) is 0 Å². The fourth-order valence-electron chi connectivity index (χ4n) is 4.28. The molecule has 0 saturated carbocycles. The van der Waals surface area contributed by atoms with Gasteiger partial charge in [-0.3, -0.25) is 9.88 Å². The van der Waals surface area contributed by atoms with Crippen LogP contribution in [0.2, 0.25) is 0 Å². The van der Waals surface area contributed by atoms with Crippen LogP contribution in [0.4, 0.5) is 0 Å². The molecule has 3 heterocycles. The zero-order valence-corrected chi connectivity index (χ0v) is 16.3. The summed E-state index contributed by atoms with van der Waals surface area (Å²) in [5.41, 5.74) is 6.29. The Hall–Kier alpha value is -2.96. The van der Waals surface area contributed by atoms with E-state index in [0.29, 0.717) is 0 Å². The third kappa shape index (κ3) is 3.57. The van der Waals surface area contributed by atoms with Crippen LogP contribution in [0, 0.1) is 0 Å². The highest BCUT2D eigenvalue weighted by molar-refractivity contribution is 6.04. The van der Waals surface area contributed by atoms with Crippen LogP contribution in [0.1, 0.15) is 23.3 Å². The van der Waals surface area contributed by atoms with Crippen molar-refractivity contribution in [2.45, 2.75) is 19.4 Å². The number of benzene rings is 1. The highest BCUT2D eigenvalue weighted by atomic mass is 16.4. The van der Waals surface area contributed by atoms with Gasteiger partial charge in [-0.1, -0.05) is 23.4 Å². The van der Waals surface area contributed by atoms with Gasteiger partial charge in [0.25, 0.3) is 0 Å². The topological polar surface area (TPSA) is 73.9 Å². The van der Waals surface area contributed by atoms with Gasteiger partial charge in [0, 0.05) is 55.3 Å². The van der Waals surface area contributed by atoms with Crippen LogP contribution in [-0.2, 0) is 13.0 Å². The molecule has 0 unspecified atom stereocenters. The maximum atomic E-state index is 9.21. The largest absolute Gasteiger partial charge is 0.459 e. The summed E-state index contributed by atoms with van der Waals surface area (Å²) in [6.07, 6.45) is 5.28. The molecule has 0 amide bonds. The fourth-order valence-corrected chi connectivity index (χ4v) is 4.28. The van der Waals surface area contributed by atoms with E-state index in [2.05, 4.69) is 44.6 Å². The predicted molar refractivity (Wildman–Crippen MR) is 112 cm³/mol. The van der Waals surface area contributed by atoms with Gasteiger partial charge in [0.2, 0.25) is 0 Å². The first-order chi connectivity index (χ1) is 14.3. The maximum absolute atomic E-state index is 9.21. The minimum Gasteiger partial charge on any atom is -0.459 e. The first-order valence-electron chi connectivity index (χ1n) is 10.1. The highest BCUT2D eigenvalue weighted by Crippen LogP contribution is 2.37. The molecule has 6 nitrogen and oxygen atoms in total. The lowest BCUT2D eigenvalue weighted by Gasteiger charge is -2.26. The lowest BCUT2D eigenvalue weighted by molar-refractivity contribution is 0.217. The second kappa shape index (κ2) is 7.81. The van der Waals surface area contributed by atoms with E-state index in [9.17, 15) is 5.21 Å². The standard InChI is InChI=1S/C23H24N4O2/c28-26-22-4-2-17-13-18(1-3-20(17)22)21-14-19(15-27-11-9-25-10-12-27)29-23(21)16-5-7-24-8-6-16/h1,3,5-8,13-14,25,28H,2,4,9-12,15H2/b26-22-.